The molecule has 17 heteroatoms. The second-order valence-corrected chi connectivity index (χ2v) is 25.2. The topological polar surface area (TPSA) is 245 Å². The van der Waals surface area contributed by atoms with Crippen LogP contribution in [0.4, 0.5) is 11.4 Å². The maximum atomic E-state index is 13.4. The van der Waals surface area contributed by atoms with E-state index in [0.29, 0.717) is 63.4 Å². The van der Waals surface area contributed by atoms with Gasteiger partial charge in [-0.2, -0.15) is 0 Å². The fourth-order valence-electron chi connectivity index (χ4n) is 10.2. The number of carbonyl (C=O) groups excluding carboxylic acids is 4. The fraction of sp³-hybridized carbons (Fsp3) is 0.595. The summed E-state index contributed by atoms with van der Waals surface area (Å²) in [6.45, 7) is 27.0. The number of para-hydroxylation sites is 2. The third kappa shape index (κ3) is 29.3. The Bertz CT molecular complexity index is 2700. The number of nitrogens with zero attached hydrogens (tertiary/aromatic N) is 2. The number of hydrogen-bond acceptors (Lipinski definition) is 12. The predicted molar refractivity (Wildman–Crippen MR) is 366 cm³/mol. The number of carboxylic acids is 2. The van der Waals surface area contributed by atoms with Crippen LogP contribution in [-0.2, 0) is 47.7 Å². The first kappa shape index (κ1) is 80.6. The van der Waals surface area contributed by atoms with E-state index in [1.807, 2.05) is 125 Å². The Hall–Kier alpha value is -6.50. The Kier molecular flexibility index (Phi) is 39.8. The van der Waals surface area contributed by atoms with Crippen molar-refractivity contribution >= 4 is 47.0 Å². The molecule has 3 amide bonds. The molecule has 4 aromatic rings. The molecule has 2 aliphatic heterocycles. The number of carbonyl (C=O) groups is 6. The molecule has 4 unspecified atom stereocenters. The predicted octanol–water partition coefficient (Wildman–Crippen LogP) is 15.0. The summed E-state index contributed by atoms with van der Waals surface area (Å²) in [6.07, 6.45) is 12.4. The second kappa shape index (κ2) is 44.9. The lowest BCUT2D eigenvalue weighted by Gasteiger charge is -2.26. The third-order valence-corrected chi connectivity index (χ3v) is 15.2. The minimum absolute atomic E-state index is 0.0765. The smallest absolute Gasteiger partial charge is 0.335 e. The number of aliphatic carboxylic acids is 2. The van der Waals surface area contributed by atoms with E-state index in [9.17, 15) is 28.8 Å². The number of esters is 1. The van der Waals surface area contributed by atoms with Crippen molar-refractivity contribution in [3.63, 3.8) is 0 Å². The first-order chi connectivity index (χ1) is 43.4. The summed E-state index contributed by atoms with van der Waals surface area (Å²) in [5.41, 5.74) is 13.6. The van der Waals surface area contributed by atoms with Crippen molar-refractivity contribution in [2.45, 2.75) is 222 Å². The average Bonchev–Trinajstić information content (AvgIpc) is 1.69. The number of benzene rings is 4. The number of fused-ring (bicyclic) bond motifs is 6. The van der Waals surface area contributed by atoms with Crippen LogP contribution in [0.3, 0.4) is 0 Å². The van der Waals surface area contributed by atoms with Crippen molar-refractivity contribution in [3.05, 3.63) is 108 Å². The highest BCUT2D eigenvalue weighted by Crippen LogP contribution is 2.40. The zero-order chi connectivity index (χ0) is 68.0. The molecule has 508 valence electrons. The van der Waals surface area contributed by atoms with Crippen molar-refractivity contribution in [1.82, 2.24) is 5.32 Å². The number of amides is 3. The summed E-state index contributed by atoms with van der Waals surface area (Å²) < 4.78 is 22.3. The van der Waals surface area contributed by atoms with Crippen LogP contribution >= 0.6 is 0 Å². The van der Waals surface area contributed by atoms with Crippen LogP contribution in [0.5, 0.6) is 0 Å². The summed E-state index contributed by atoms with van der Waals surface area (Å²) in [6, 6.07) is 30.0. The molecule has 0 saturated heterocycles. The summed E-state index contributed by atoms with van der Waals surface area (Å²) in [5, 5.41) is 28.8. The number of unbranched alkanes of at least 4 members (excludes halogenated alkanes) is 8. The lowest BCUT2D eigenvalue weighted by molar-refractivity contribution is -0.158. The molecule has 0 aliphatic carbocycles. The number of likely N-dealkylation sites (N-methyl/N-ethyl adjacent to an activating group) is 2. The van der Waals surface area contributed by atoms with E-state index in [0.717, 1.165) is 122 Å². The van der Waals surface area contributed by atoms with E-state index in [4.69, 9.17) is 40.0 Å². The van der Waals surface area contributed by atoms with Crippen molar-refractivity contribution in [1.29, 1.82) is 0 Å². The van der Waals surface area contributed by atoms with Gasteiger partial charge in [-0.25, -0.2) is 14.4 Å². The lowest BCUT2D eigenvalue weighted by atomic mass is 9.95. The number of rotatable bonds is 32. The number of hydrogen-bond donors (Lipinski definition) is 5. The highest BCUT2D eigenvalue weighted by molar-refractivity contribution is 6.06. The molecule has 0 spiro atoms. The number of nitrogens with two attached hydrogens (primary N) is 1. The number of carboxylic acid groups (broad SMARTS) is 2. The van der Waals surface area contributed by atoms with Gasteiger partial charge in [0.15, 0.2) is 18.3 Å². The molecule has 6 N–H and O–H groups in total. The Labute approximate surface area is 545 Å². The molecular weight excluding hydrogens is 1150 g/mol. The number of nitrogens with one attached hydrogen (secondary N) is 1. The minimum Gasteiger partial charge on any atom is -0.479 e. The zero-order valence-electron chi connectivity index (χ0n) is 57.5. The van der Waals surface area contributed by atoms with Crippen LogP contribution in [0.25, 0.3) is 22.3 Å². The molecule has 4 aromatic carbocycles. The van der Waals surface area contributed by atoms with Gasteiger partial charge < -0.3 is 55.1 Å². The van der Waals surface area contributed by atoms with Gasteiger partial charge in [0.1, 0.15) is 18.2 Å². The van der Waals surface area contributed by atoms with E-state index in [2.05, 4.69) is 60.7 Å². The maximum absolute atomic E-state index is 13.4. The van der Waals surface area contributed by atoms with Crippen LogP contribution in [0.15, 0.2) is 97.1 Å². The highest BCUT2D eigenvalue weighted by atomic mass is 16.6. The van der Waals surface area contributed by atoms with Gasteiger partial charge in [0.2, 0.25) is 11.8 Å². The molecule has 17 nitrogen and oxygen atoms in total. The molecule has 0 radical (unpaired) electrons. The molecule has 6 rings (SSSR count). The third-order valence-electron chi connectivity index (χ3n) is 15.2. The van der Waals surface area contributed by atoms with Gasteiger partial charge in [0.25, 0.3) is 5.91 Å². The van der Waals surface area contributed by atoms with Gasteiger partial charge in [-0.1, -0.05) is 219 Å². The van der Waals surface area contributed by atoms with E-state index in [-0.39, 0.29) is 35.7 Å². The minimum atomic E-state index is -1.19. The SMILES string of the molecule is CC(C)CC(O)C(=O)O.CCCCCOC(=O)C(CC(C)C)OCCCCC.CCCCCOC(CC(C)C)C(=O)N[C@@H]1C(=O)N(C)c2ccccc2-c2ccccc21.CCCCCOC(CC(C)C)C(=O)O.CN1C(=O)[C@@H](N)c2ccccc2-c2ccccc21. The van der Waals surface area contributed by atoms with E-state index in [1.54, 1.807) is 23.9 Å². The van der Waals surface area contributed by atoms with Gasteiger partial charge in [-0.05, 0) is 109 Å². The Balaban J connectivity index is 0.000000411. The van der Waals surface area contributed by atoms with Gasteiger partial charge in [-0.3, -0.25) is 14.4 Å². The molecule has 2 heterocycles. The molecule has 2 aliphatic rings. The second-order valence-electron chi connectivity index (χ2n) is 25.2. The van der Waals surface area contributed by atoms with Crippen molar-refractivity contribution in [2.75, 3.05) is 50.3 Å². The molecule has 0 aromatic heterocycles. The van der Waals surface area contributed by atoms with Gasteiger partial charge in [0.05, 0.1) is 18.0 Å². The molecule has 0 saturated carbocycles. The normalized spacial score (nSPS) is 15.2. The van der Waals surface area contributed by atoms with Crippen molar-refractivity contribution in [2.24, 2.45) is 29.4 Å². The number of anilines is 2. The van der Waals surface area contributed by atoms with Crippen LogP contribution in [0.2, 0.25) is 0 Å². The highest BCUT2D eigenvalue weighted by Gasteiger charge is 2.35. The standard InChI is InChI=1S/C26H34N2O3.C16H32O3.C15H14N2O.C11H22O3.C6H12O3/c1-5-6-11-16-31-23(17-18(2)3)25(29)27-24-21-14-8-7-12-19(21)20-13-9-10-15-22(20)28(4)26(24)30;1-5-7-9-11-18-15(13-14(3)4)16(17)19-12-10-8-6-2;1-17-13-9-5-4-7-11(13)10-6-2-3-8-12(10)14(16)15(17)18;1-4-5-6-7-14-10(11(12)13)8-9(2)3;1-4(2)3-5(7)6(8)9/h7-10,12-15,18,23-24H,5-6,11,16-17H2,1-4H3,(H,27,29);14-15H,5-13H2,1-4H3;2-9,14H,16H2,1H3;9-10H,4-8H2,1-3H3,(H,12,13);4-5,7H,3H2,1-2H3,(H,8,9)/t23?,24-;;14-;;/m0.0../s1. The Morgan fingerprint density at radius 2 is 0.835 bits per heavy atom. The van der Waals surface area contributed by atoms with Crippen LogP contribution in [0.1, 0.15) is 209 Å². The molecule has 0 fully saturated rings. The van der Waals surface area contributed by atoms with Gasteiger partial charge in [-0.15, -0.1) is 0 Å². The summed E-state index contributed by atoms with van der Waals surface area (Å²) in [7, 11) is 3.53. The lowest BCUT2D eigenvalue weighted by Crippen LogP contribution is -2.45. The van der Waals surface area contributed by atoms with E-state index < -0.39 is 42.3 Å². The monoisotopic (exact) mass is 1270 g/mol. The van der Waals surface area contributed by atoms with Crippen LogP contribution in [0, 0.1) is 23.7 Å². The molecule has 91 heavy (non-hydrogen) atoms. The summed E-state index contributed by atoms with van der Waals surface area (Å²) in [5.74, 6) is -1.26. The number of ether oxygens (including phenoxy) is 4. The first-order valence-corrected chi connectivity index (χ1v) is 33.5. The maximum Gasteiger partial charge on any atom is 0.335 e. The Morgan fingerprint density at radius 3 is 1.26 bits per heavy atom. The van der Waals surface area contributed by atoms with E-state index in [1.165, 1.54) is 6.42 Å². The first-order valence-electron chi connectivity index (χ1n) is 33.5. The Morgan fingerprint density at radius 1 is 0.473 bits per heavy atom. The number of aliphatic hydroxyl groups is 1. The van der Waals surface area contributed by atoms with Crippen molar-refractivity contribution < 1.29 is 63.0 Å². The van der Waals surface area contributed by atoms with Crippen LogP contribution < -0.4 is 20.9 Å². The van der Waals surface area contributed by atoms with E-state index >= 15 is 0 Å². The van der Waals surface area contributed by atoms with Crippen LogP contribution in [-0.4, -0.2) is 116 Å². The molecular formula is C74H114N4O13. The largest absolute Gasteiger partial charge is 0.479 e. The summed E-state index contributed by atoms with van der Waals surface area (Å²) in [4.78, 5) is 74.9. The summed E-state index contributed by atoms with van der Waals surface area (Å²) >= 11 is 0. The molecule has 6 atom stereocenters. The van der Waals surface area contributed by atoms with Crippen molar-refractivity contribution in [3.8, 4) is 22.3 Å². The average molecular weight is 1270 g/mol. The molecule has 0 bridgehead atoms. The fourth-order valence-corrected chi connectivity index (χ4v) is 10.2. The zero-order valence-corrected chi connectivity index (χ0v) is 57.5. The van der Waals surface area contributed by atoms with Gasteiger partial charge in [0, 0.05) is 45.0 Å². The quantitative estimate of drug-likeness (QED) is 0.0226. The number of aliphatic hydroxyl groups excluding tert-OH is 1. The van der Waals surface area contributed by atoms with Gasteiger partial charge >= 0.3 is 17.9 Å².